The van der Waals surface area contributed by atoms with E-state index in [9.17, 15) is 4.79 Å². The van der Waals surface area contributed by atoms with E-state index in [1.807, 2.05) is 24.3 Å². The van der Waals surface area contributed by atoms with Gasteiger partial charge in [0.05, 0.1) is 13.1 Å². The van der Waals surface area contributed by atoms with Crippen LogP contribution in [-0.4, -0.2) is 19.0 Å². The quantitative estimate of drug-likeness (QED) is 0.654. The molecule has 0 radical (unpaired) electrons. The molecule has 0 aliphatic heterocycles. The lowest BCUT2D eigenvalue weighted by Gasteiger charge is -2.04. The molecule has 16 heavy (non-hydrogen) atoms. The Bertz CT molecular complexity index is 403. The second-order valence-electron chi connectivity index (χ2n) is 3.09. The summed E-state index contributed by atoms with van der Waals surface area (Å²) >= 11 is 3.33. The Morgan fingerprint density at radius 2 is 2.06 bits per heavy atom. The van der Waals surface area contributed by atoms with Gasteiger partial charge in [-0.3, -0.25) is 10.1 Å². The molecule has 0 aliphatic rings. The highest BCUT2D eigenvalue weighted by molar-refractivity contribution is 9.10. The van der Waals surface area contributed by atoms with E-state index in [1.54, 1.807) is 6.92 Å². The van der Waals surface area contributed by atoms with Crippen LogP contribution in [0.1, 0.15) is 6.92 Å². The van der Waals surface area contributed by atoms with E-state index in [0.717, 1.165) is 10.2 Å². The molecule has 0 aromatic heterocycles. The molecule has 0 saturated carbocycles. The number of carbonyl (C=O) groups excluding carboxylic acids is 1. The lowest BCUT2D eigenvalue weighted by atomic mass is 10.3. The number of amides is 1. The molecule has 0 aliphatic carbocycles. The lowest BCUT2D eigenvalue weighted by molar-refractivity contribution is -0.115. The van der Waals surface area contributed by atoms with Gasteiger partial charge in [-0.15, -0.1) is 5.92 Å². The third-order valence-corrected chi connectivity index (χ3v) is 2.33. The molecule has 84 valence electrons. The molecule has 1 amide bonds. The van der Waals surface area contributed by atoms with Crippen LogP contribution in [0.2, 0.25) is 0 Å². The maximum Gasteiger partial charge on any atom is 0.238 e. The second kappa shape index (κ2) is 7.04. The summed E-state index contributed by atoms with van der Waals surface area (Å²) in [4.78, 5) is 11.4. The second-order valence-corrected chi connectivity index (χ2v) is 4.00. The van der Waals surface area contributed by atoms with Crippen LogP contribution in [0.5, 0.6) is 0 Å². The molecule has 1 aromatic rings. The fourth-order valence-electron chi connectivity index (χ4n) is 1.07. The number of benzene rings is 1. The minimum Gasteiger partial charge on any atom is -0.325 e. The Balaban J connectivity index is 2.33. The SMILES string of the molecule is CC#CCNCC(=O)Nc1ccc(Br)cc1. The first-order chi connectivity index (χ1) is 7.72. The van der Waals surface area contributed by atoms with Crippen LogP contribution in [-0.2, 0) is 4.79 Å². The molecule has 0 heterocycles. The molecule has 1 aromatic carbocycles. The van der Waals surface area contributed by atoms with Crippen molar-refractivity contribution in [1.82, 2.24) is 5.32 Å². The molecule has 3 nitrogen and oxygen atoms in total. The fourth-order valence-corrected chi connectivity index (χ4v) is 1.33. The Morgan fingerprint density at radius 3 is 2.69 bits per heavy atom. The number of halogens is 1. The number of rotatable bonds is 4. The Kier molecular flexibility index (Phi) is 5.62. The summed E-state index contributed by atoms with van der Waals surface area (Å²) in [6.07, 6.45) is 0. The van der Waals surface area contributed by atoms with Crippen LogP contribution in [0.3, 0.4) is 0 Å². The van der Waals surface area contributed by atoms with Crippen molar-refractivity contribution in [2.75, 3.05) is 18.4 Å². The molecule has 0 saturated heterocycles. The highest BCUT2D eigenvalue weighted by Crippen LogP contribution is 2.13. The zero-order valence-corrected chi connectivity index (χ0v) is 10.6. The van der Waals surface area contributed by atoms with Gasteiger partial charge in [0.15, 0.2) is 0 Å². The van der Waals surface area contributed by atoms with Crippen molar-refractivity contribution >= 4 is 27.5 Å². The molecule has 1 rings (SSSR count). The van der Waals surface area contributed by atoms with Gasteiger partial charge in [-0.1, -0.05) is 21.9 Å². The van der Waals surface area contributed by atoms with Crippen LogP contribution >= 0.6 is 15.9 Å². The third kappa shape index (κ3) is 4.96. The van der Waals surface area contributed by atoms with Gasteiger partial charge in [0, 0.05) is 10.2 Å². The summed E-state index contributed by atoms with van der Waals surface area (Å²) in [5.41, 5.74) is 0.788. The summed E-state index contributed by atoms with van der Waals surface area (Å²) < 4.78 is 0.988. The third-order valence-electron chi connectivity index (χ3n) is 1.80. The fraction of sp³-hybridized carbons (Fsp3) is 0.250. The van der Waals surface area contributed by atoms with Crippen molar-refractivity contribution in [3.8, 4) is 11.8 Å². The van der Waals surface area contributed by atoms with E-state index in [2.05, 4.69) is 38.4 Å². The Morgan fingerprint density at radius 1 is 1.38 bits per heavy atom. The monoisotopic (exact) mass is 280 g/mol. The van der Waals surface area contributed by atoms with Crippen molar-refractivity contribution in [2.45, 2.75) is 6.92 Å². The summed E-state index contributed by atoms with van der Waals surface area (Å²) in [6.45, 7) is 2.57. The van der Waals surface area contributed by atoms with Crippen molar-refractivity contribution < 1.29 is 4.79 Å². The molecule has 0 unspecified atom stereocenters. The highest BCUT2D eigenvalue weighted by atomic mass is 79.9. The van der Waals surface area contributed by atoms with Crippen molar-refractivity contribution in [3.63, 3.8) is 0 Å². The zero-order valence-electron chi connectivity index (χ0n) is 9.01. The molecule has 4 heteroatoms. The minimum atomic E-state index is -0.0692. The Hall–Kier alpha value is -1.31. The smallest absolute Gasteiger partial charge is 0.238 e. The van der Waals surface area contributed by atoms with E-state index < -0.39 is 0 Å². The predicted octanol–water partition coefficient (Wildman–Crippen LogP) is 2.00. The summed E-state index contributed by atoms with van der Waals surface area (Å²) in [5.74, 6) is 5.51. The van der Waals surface area contributed by atoms with E-state index in [4.69, 9.17) is 0 Å². The first kappa shape index (κ1) is 12.8. The first-order valence-electron chi connectivity index (χ1n) is 4.88. The highest BCUT2D eigenvalue weighted by Gasteiger charge is 2.00. The summed E-state index contributed by atoms with van der Waals surface area (Å²) in [7, 11) is 0. The normalized spacial score (nSPS) is 9.12. The van der Waals surface area contributed by atoms with E-state index >= 15 is 0 Å². The van der Waals surface area contributed by atoms with Crippen LogP contribution in [0, 0.1) is 11.8 Å². The maximum absolute atomic E-state index is 11.4. The van der Waals surface area contributed by atoms with Gasteiger partial charge in [0.25, 0.3) is 0 Å². The number of nitrogens with one attached hydrogen (secondary N) is 2. The summed E-state index contributed by atoms with van der Waals surface area (Å²) in [5, 5.41) is 5.70. The summed E-state index contributed by atoms with van der Waals surface area (Å²) in [6, 6.07) is 7.44. The average Bonchev–Trinajstić information content (AvgIpc) is 2.28. The van der Waals surface area contributed by atoms with Gasteiger partial charge >= 0.3 is 0 Å². The maximum atomic E-state index is 11.4. The number of anilines is 1. The van der Waals surface area contributed by atoms with Crippen molar-refractivity contribution in [2.24, 2.45) is 0 Å². The van der Waals surface area contributed by atoms with E-state index in [-0.39, 0.29) is 12.5 Å². The first-order valence-corrected chi connectivity index (χ1v) is 5.67. The lowest BCUT2D eigenvalue weighted by Crippen LogP contribution is -2.28. The van der Waals surface area contributed by atoms with E-state index in [0.29, 0.717) is 6.54 Å². The molecular weight excluding hydrogens is 268 g/mol. The number of carbonyl (C=O) groups is 1. The van der Waals surface area contributed by atoms with Gasteiger partial charge in [0.1, 0.15) is 0 Å². The van der Waals surface area contributed by atoms with Crippen molar-refractivity contribution in [3.05, 3.63) is 28.7 Å². The largest absolute Gasteiger partial charge is 0.325 e. The standard InChI is InChI=1S/C12H13BrN2O/c1-2-3-8-14-9-12(16)15-11-6-4-10(13)5-7-11/h4-7,14H,8-9H2,1H3,(H,15,16). The Labute approximate surface area is 104 Å². The van der Waals surface area contributed by atoms with Gasteiger partial charge < -0.3 is 5.32 Å². The molecular formula is C12H13BrN2O. The van der Waals surface area contributed by atoms with Gasteiger partial charge in [-0.05, 0) is 31.2 Å². The van der Waals surface area contributed by atoms with Crippen LogP contribution in [0.25, 0.3) is 0 Å². The number of hydrogen-bond donors (Lipinski definition) is 2. The van der Waals surface area contributed by atoms with Gasteiger partial charge in [-0.2, -0.15) is 0 Å². The predicted molar refractivity (Wildman–Crippen MR) is 69.1 cm³/mol. The van der Waals surface area contributed by atoms with Crippen molar-refractivity contribution in [1.29, 1.82) is 0 Å². The van der Waals surface area contributed by atoms with E-state index in [1.165, 1.54) is 0 Å². The molecule has 0 spiro atoms. The van der Waals surface area contributed by atoms with Gasteiger partial charge in [-0.25, -0.2) is 0 Å². The van der Waals surface area contributed by atoms with Gasteiger partial charge in [0.2, 0.25) is 5.91 Å². The van der Waals surface area contributed by atoms with Crippen LogP contribution in [0.15, 0.2) is 28.7 Å². The minimum absolute atomic E-state index is 0.0692. The molecule has 0 atom stereocenters. The zero-order chi connectivity index (χ0) is 11.8. The topological polar surface area (TPSA) is 41.1 Å². The molecule has 0 bridgehead atoms. The molecule has 0 fully saturated rings. The van der Waals surface area contributed by atoms with Crippen LogP contribution in [0.4, 0.5) is 5.69 Å². The average molecular weight is 281 g/mol. The molecule has 2 N–H and O–H groups in total. The number of hydrogen-bond acceptors (Lipinski definition) is 2. The van der Waals surface area contributed by atoms with Crippen LogP contribution < -0.4 is 10.6 Å².